The number of nitrogens with two attached hydrogens (primary N) is 1. The van der Waals surface area contributed by atoms with Gasteiger partial charge in [-0.2, -0.15) is 0 Å². The SMILES string of the molecule is Nc1ccc2c(c1)CN(CC1CCCCC1)C2. The van der Waals surface area contributed by atoms with Crippen LogP contribution in [0.1, 0.15) is 43.2 Å². The maximum Gasteiger partial charge on any atom is 0.0317 e. The van der Waals surface area contributed by atoms with Gasteiger partial charge >= 0.3 is 0 Å². The van der Waals surface area contributed by atoms with E-state index in [9.17, 15) is 0 Å². The molecule has 1 saturated carbocycles. The molecule has 0 saturated heterocycles. The van der Waals surface area contributed by atoms with Crippen LogP contribution in [0.2, 0.25) is 0 Å². The van der Waals surface area contributed by atoms with E-state index in [1.807, 2.05) is 6.07 Å². The van der Waals surface area contributed by atoms with Gasteiger partial charge < -0.3 is 5.73 Å². The Hall–Kier alpha value is -1.02. The lowest BCUT2D eigenvalue weighted by molar-refractivity contribution is 0.203. The average molecular weight is 230 g/mol. The van der Waals surface area contributed by atoms with Crippen LogP contribution in [0.25, 0.3) is 0 Å². The average Bonchev–Trinajstić information content (AvgIpc) is 2.71. The molecule has 0 unspecified atom stereocenters. The third kappa shape index (κ3) is 2.47. The highest BCUT2D eigenvalue weighted by molar-refractivity contribution is 5.46. The van der Waals surface area contributed by atoms with E-state index in [0.717, 1.165) is 24.7 Å². The molecule has 0 spiro atoms. The summed E-state index contributed by atoms with van der Waals surface area (Å²) in [6, 6.07) is 6.38. The van der Waals surface area contributed by atoms with E-state index >= 15 is 0 Å². The summed E-state index contributed by atoms with van der Waals surface area (Å²) in [6.07, 6.45) is 7.22. The summed E-state index contributed by atoms with van der Waals surface area (Å²) in [5.41, 5.74) is 9.67. The molecular formula is C15H22N2. The monoisotopic (exact) mass is 230 g/mol. The molecule has 1 aromatic rings. The summed E-state index contributed by atoms with van der Waals surface area (Å²) < 4.78 is 0. The lowest BCUT2D eigenvalue weighted by Gasteiger charge is -2.26. The summed E-state index contributed by atoms with van der Waals surface area (Å²) in [5, 5.41) is 0. The van der Waals surface area contributed by atoms with Crippen molar-refractivity contribution in [1.82, 2.24) is 4.90 Å². The van der Waals surface area contributed by atoms with E-state index < -0.39 is 0 Å². The van der Waals surface area contributed by atoms with E-state index in [1.54, 1.807) is 0 Å². The minimum Gasteiger partial charge on any atom is -0.399 e. The molecule has 1 heterocycles. The molecule has 2 aliphatic rings. The molecular weight excluding hydrogens is 208 g/mol. The quantitative estimate of drug-likeness (QED) is 0.791. The third-order valence-corrected chi connectivity index (χ3v) is 4.26. The molecule has 0 radical (unpaired) electrons. The Kier molecular flexibility index (Phi) is 3.06. The first kappa shape index (κ1) is 11.1. The van der Waals surface area contributed by atoms with Crippen molar-refractivity contribution in [2.45, 2.75) is 45.2 Å². The molecule has 0 aromatic heterocycles. The van der Waals surface area contributed by atoms with Crippen LogP contribution in [-0.2, 0) is 13.1 Å². The summed E-state index contributed by atoms with van der Waals surface area (Å²) in [6.45, 7) is 3.53. The van der Waals surface area contributed by atoms with Gasteiger partial charge in [0.05, 0.1) is 0 Å². The Morgan fingerprint density at radius 3 is 2.65 bits per heavy atom. The smallest absolute Gasteiger partial charge is 0.0317 e. The van der Waals surface area contributed by atoms with Crippen molar-refractivity contribution in [3.8, 4) is 0 Å². The van der Waals surface area contributed by atoms with Crippen molar-refractivity contribution < 1.29 is 0 Å². The predicted molar refractivity (Wildman–Crippen MR) is 71.5 cm³/mol. The van der Waals surface area contributed by atoms with Crippen LogP contribution >= 0.6 is 0 Å². The maximum absolute atomic E-state index is 5.84. The zero-order valence-electron chi connectivity index (χ0n) is 10.5. The highest BCUT2D eigenvalue weighted by Gasteiger charge is 2.22. The molecule has 2 heteroatoms. The Labute approximate surface area is 104 Å². The van der Waals surface area contributed by atoms with E-state index in [-0.39, 0.29) is 0 Å². The van der Waals surface area contributed by atoms with Crippen molar-refractivity contribution in [3.05, 3.63) is 29.3 Å². The fourth-order valence-electron chi connectivity index (χ4n) is 3.35. The lowest BCUT2D eigenvalue weighted by atomic mass is 9.89. The predicted octanol–water partition coefficient (Wildman–Crippen LogP) is 3.16. The molecule has 17 heavy (non-hydrogen) atoms. The molecule has 3 rings (SSSR count). The van der Waals surface area contributed by atoms with Crippen LogP contribution in [0.15, 0.2) is 18.2 Å². The van der Waals surface area contributed by atoms with Crippen molar-refractivity contribution in [1.29, 1.82) is 0 Å². The van der Waals surface area contributed by atoms with Gasteiger partial charge in [-0.1, -0.05) is 25.3 Å². The van der Waals surface area contributed by atoms with Gasteiger partial charge in [-0.05, 0) is 42.0 Å². The van der Waals surface area contributed by atoms with Crippen LogP contribution < -0.4 is 5.73 Å². The number of nitrogens with zero attached hydrogens (tertiary/aromatic N) is 1. The molecule has 92 valence electrons. The Morgan fingerprint density at radius 1 is 1.06 bits per heavy atom. The van der Waals surface area contributed by atoms with Crippen LogP contribution in [0, 0.1) is 5.92 Å². The van der Waals surface area contributed by atoms with Gasteiger partial charge in [-0.15, -0.1) is 0 Å². The van der Waals surface area contributed by atoms with Crippen molar-refractivity contribution in [3.63, 3.8) is 0 Å². The van der Waals surface area contributed by atoms with E-state index in [0.29, 0.717) is 0 Å². The highest BCUT2D eigenvalue weighted by Crippen LogP contribution is 2.29. The van der Waals surface area contributed by atoms with E-state index in [1.165, 1.54) is 49.8 Å². The summed E-state index contributed by atoms with van der Waals surface area (Å²) >= 11 is 0. The fourth-order valence-corrected chi connectivity index (χ4v) is 3.35. The van der Waals surface area contributed by atoms with Gasteiger partial charge in [0, 0.05) is 25.3 Å². The normalized spacial score (nSPS) is 21.6. The Balaban J connectivity index is 1.61. The van der Waals surface area contributed by atoms with Gasteiger partial charge in [0.1, 0.15) is 0 Å². The summed E-state index contributed by atoms with van der Waals surface area (Å²) in [5.74, 6) is 0.940. The second kappa shape index (κ2) is 4.69. The standard InChI is InChI=1S/C15H22N2/c16-15-7-6-13-10-17(11-14(13)8-15)9-12-4-2-1-3-5-12/h6-8,12H,1-5,9-11,16H2. The zero-order valence-corrected chi connectivity index (χ0v) is 10.5. The summed E-state index contributed by atoms with van der Waals surface area (Å²) in [4.78, 5) is 2.60. The van der Waals surface area contributed by atoms with Crippen molar-refractivity contribution >= 4 is 5.69 Å². The number of nitrogen functional groups attached to an aromatic ring is 1. The van der Waals surface area contributed by atoms with Crippen LogP contribution in [-0.4, -0.2) is 11.4 Å². The molecule has 1 aromatic carbocycles. The van der Waals surface area contributed by atoms with Gasteiger partial charge in [0.25, 0.3) is 0 Å². The largest absolute Gasteiger partial charge is 0.399 e. The topological polar surface area (TPSA) is 29.3 Å². The molecule has 2 nitrogen and oxygen atoms in total. The van der Waals surface area contributed by atoms with Gasteiger partial charge in [0.2, 0.25) is 0 Å². The number of benzene rings is 1. The second-order valence-electron chi connectivity index (χ2n) is 5.70. The molecule has 1 aliphatic carbocycles. The molecule has 1 fully saturated rings. The first-order valence-corrected chi connectivity index (χ1v) is 6.91. The van der Waals surface area contributed by atoms with Crippen molar-refractivity contribution in [2.75, 3.05) is 12.3 Å². The zero-order chi connectivity index (χ0) is 11.7. The minimum atomic E-state index is 0.906. The summed E-state index contributed by atoms with van der Waals surface area (Å²) in [7, 11) is 0. The third-order valence-electron chi connectivity index (χ3n) is 4.26. The molecule has 0 amide bonds. The first-order valence-electron chi connectivity index (χ1n) is 6.91. The second-order valence-corrected chi connectivity index (χ2v) is 5.70. The van der Waals surface area contributed by atoms with Crippen LogP contribution in [0.3, 0.4) is 0 Å². The molecule has 0 bridgehead atoms. The first-order chi connectivity index (χ1) is 8.31. The van der Waals surface area contributed by atoms with Gasteiger partial charge in [-0.3, -0.25) is 4.90 Å². The fraction of sp³-hybridized carbons (Fsp3) is 0.600. The van der Waals surface area contributed by atoms with Gasteiger partial charge in [-0.25, -0.2) is 0 Å². The van der Waals surface area contributed by atoms with E-state index in [4.69, 9.17) is 5.73 Å². The van der Waals surface area contributed by atoms with E-state index in [2.05, 4.69) is 17.0 Å². The maximum atomic E-state index is 5.84. The minimum absolute atomic E-state index is 0.906. The number of hydrogen-bond donors (Lipinski definition) is 1. The number of rotatable bonds is 2. The molecule has 2 N–H and O–H groups in total. The van der Waals surface area contributed by atoms with Gasteiger partial charge in [0.15, 0.2) is 0 Å². The lowest BCUT2D eigenvalue weighted by Crippen LogP contribution is -2.25. The molecule has 1 aliphatic heterocycles. The van der Waals surface area contributed by atoms with Crippen molar-refractivity contribution in [2.24, 2.45) is 5.92 Å². The molecule has 0 atom stereocenters. The number of anilines is 1. The van der Waals surface area contributed by atoms with Crippen LogP contribution in [0.4, 0.5) is 5.69 Å². The number of hydrogen-bond acceptors (Lipinski definition) is 2. The number of fused-ring (bicyclic) bond motifs is 1. The highest BCUT2D eigenvalue weighted by atomic mass is 15.1. The van der Waals surface area contributed by atoms with Crippen LogP contribution in [0.5, 0.6) is 0 Å². The Bertz CT molecular complexity index is 394. The Morgan fingerprint density at radius 2 is 1.82 bits per heavy atom.